The number of nitrogens with zero attached hydrogens (tertiary/aromatic N) is 2. The molecule has 0 fully saturated rings. The number of carbonyl (C=O) groups is 1. The summed E-state index contributed by atoms with van der Waals surface area (Å²) in [4.78, 5) is 19.6. The van der Waals surface area contributed by atoms with Crippen molar-refractivity contribution in [3.05, 3.63) is 46.3 Å². The van der Waals surface area contributed by atoms with Crippen molar-refractivity contribution < 1.29 is 27.4 Å². The summed E-state index contributed by atoms with van der Waals surface area (Å²) in [6, 6.07) is 6.97. The van der Waals surface area contributed by atoms with E-state index in [-0.39, 0.29) is 23.0 Å². The van der Waals surface area contributed by atoms with Gasteiger partial charge in [0.25, 0.3) is 10.0 Å². The molecule has 4 heterocycles. The Balaban J connectivity index is 1.48. The zero-order valence-corrected chi connectivity index (χ0v) is 22.8. The third-order valence-electron chi connectivity index (χ3n) is 6.05. The van der Waals surface area contributed by atoms with Gasteiger partial charge in [-0.1, -0.05) is 0 Å². The summed E-state index contributed by atoms with van der Waals surface area (Å²) in [6.45, 7) is 7.12. The monoisotopic (exact) mass is 543 g/mol. The predicted octanol–water partition coefficient (Wildman–Crippen LogP) is 4.37. The van der Waals surface area contributed by atoms with E-state index in [4.69, 9.17) is 14.2 Å². The lowest BCUT2D eigenvalue weighted by Crippen LogP contribution is -2.29. The minimum absolute atomic E-state index is 0.0174. The van der Waals surface area contributed by atoms with Crippen molar-refractivity contribution in [1.82, 2.24) is 4.98 Å². The molecule has 1 N–H and O–H groups in total. The van der Waals surface area contributed by atoms with E-state index in [2.05, 4.69) is 9.71 Å². The maximum Gasteiger partial charge on any atom is 0.265 e. The molecule has 0 unspecified atom stereocenters. The van der Waals surface area contributed by atoms with Crippen LogP contribution in [0, 0.1) is 0 Å². The standard InChI is InChI=1S/C26H29N3O6S2/c1-26(2,3)35-15-20(30)24-19(6-10-36-24)28-37(31,32)22-13-17(11-16-5-8-34-23(16)22)18-12-21-25(27-14-18)29(4)7-9-33-21/h6,10-14,28H,5,7-9,15H2,1-4H3. The van der Waals surface area contributed by atoms with Gasteiger partial charge in [-0.3, -0.25) is 9.52 Å². The number of sulfonamides is 1. The van der Waals surface area contributed by atoms with Gasteiger partial charge in [0.05, 0.1) is 29.3 Å². The number of benzene rings is 1. The Morgan fingerprint density at radius 2 is 2.00 bits per heavy atom. The van der Waals surface area contributed by atoms with Gasteiger partial charge in [-0.25, -0.2) is 13.4 Å². The Labute approximate surface area is 220 Å². The minimum atomic E-state index is -4.09. The molecule has 0 aliphatic carbocycles. The van der Waals surface area contributed by atoms with Crippen LogP contribution in [0.1, 0.15) is 36.0 Å². The van der Waals surface area contributed by atoms with E-state index < -0.39 is 15.6 Å². The van der Waals surface area contributed by atoms with E-state index >= 15 is 0 Å². The van der Waals surface area contributed by atoms with Crippen LogP contribution in [0.2, 0.25) is 0 Å². The highest BCUT2D eigenvalue weighted by Gasteiger charge is 2.29. The van der Waals surface area contributed by atoms with E-state index in [0.29, 0.717) is 41.6 Å². The first-order valence-corrected chi connectivity index (χ1v) is 14.3. The fraction of sp³-hybridized carbons (Fsp3) is 0.385. The van der Waals surface area contributed by atoms with Gasteiger partial charge in [-0.2, -0.15) is 0 Å². The lowest BCUT2D eigenvalue weighted by atomic mass is 10.0. The Bertz CT molecular complexity index is 1460. The quantitative estimate of drug-likeness (QED) is 0.438. The average molecular weight is 544 g/mol. The number of anilines is 2. The lowest BCUT2D eigenvalue weighted by molar-refractivity contribution is 0.00326. The van der Waals surface area contributed by atoms with Crippen LogP contribution in [0.15, 0.2) is 40.7 Å². The van der Waals surface area contributed by atoms with Gasteiger partial charge in [-0.15, -0.1) is 11.3 Å². The summed E-state index contributed by atoms with van der Waals surface area (Å²) < 4.78 is 47.0. The normalized spacial score (nSPS) is 15.0. The zero-order valence-electron chi connectivity index (χ0n) is 21.2. The molecule has 0 amide bonds. The van der Waals surface area contributed by atoms with E-state index in [1.165, 1.54) is 11.3 Å². The van der Waals surface area contributed by atoms with Gasteiger partial charge in [0.15, 0.2) is 11.6 Å². The maximum absolute atomic E-state index is 13.6. The van der Waals surface area contributed by atoms with E-state index in [1.54, 1.807) is 23.7 Å². The summed E-state index contributed by atoms with van der Waals surface area (Å²) in [7, 11) is -2.13. The molecule has 2 aliphatic rings. The largest absolute Gasteiger partial charge is 0.492 e. The van der Waals surface area contributed by atoms with Crippen LogP contribution in [-0.2, 0) is 21.2 Å². The number of rotatable bonds is 7. The van der Waals surface area contributed by atoms with Gasteiger partial charge in [0.1, 0.15) is 23.9 Å². The number of pyridine rings is 1. The zero-order chi connectivity index (χ0) is 26.4. The molecule has 11 heteroatoms. The number of thiophene rings is 1. The lowest BCUT2D eigenvalue weighted by Gasteiger charge is -2.26. The Morgan fingerprint density at radius 3 is 2.78 bits per heavy atom. The van der Waals surface area contributed by atoms with Crippen LogP contribution in [0.4, 0.5) is 11.5 Å². The van der Waals surface area contributed by atoms with E-state index in [0.717, 1.165) is 23.5 Å². The number of Topliss-reactive ketones (excluding diaryl/α,β-unsaturated/α-hetero) is 1. The third kappa shape index (κ3) is 5.29. The second-order valence-electron chi connectivity index (χ2n) is 9.97. The number of fused-ring (bicyclic) bond motifs is 2. The Hall–Kier alpha value is -3.15. The van der Waals surface area contributed by atoms with Crippen LogP contribution in [-0.4, -0.2) is 58.2 Å². The van der Waals surface area contributed by atoms with Crippen LogP contribution in [0.5, 0.6) is 11.5 Å². The van der Waals surface area contributed by atoms with Gasteiger partial charge >= 0.3 is 0 Å². The summed E-state index contributed by atoms with van der Waals surface area (Å²) in [6.07, 6.45) is 2.31. The highest BCUT2D eigenvalue weighted by atomic mass is 32.2. The highest BCUT2D eigenvalue weighted by Crippen LogP contribution is 2.40. The molecule has 2 aromatic heterocycles. The average Bonchev–Trinajstić information content (AvgIpc) is 3.50. The second kappa shape index (κ2) is 9.62. The molecule has 1 aromatic carbocycles. The molecule has 5 rings (SSSR count). The van der Waals surface area contributed by atoms with Gasteiger partial charge in [0, 0.05) is 25.2 Å². The number of ether oxygens (including phenoxy) is 3. The number of carbonyl (C=O) groups excluding carboxylic acids is 1. The SMILES string of the molecule is CN1CCOc2cc(-c3cc4c(c(S(=O)(=O)Nc5ccsc5C(=O)COC(C)(C)C)c3)OCC4)cnc21. The molecule has 0 bridgehead atoms. The molecule has 0 saturated carbocycles. The highest BCUT2D eigenvalue weighted by molar-refractivity contribution is 7.92. The summed E-state index contributed by atoms with van der Waals surface area (Å²) in [5.41, 5.74) is 1.96. The van der Waals surface area contributed by atoms with Crippen molar-refractivity contribution in [2.75, 3.05) is 43.0 Å². The summed E-state index contributed by atoms with van der Waals surface area (Å²) in [5, 5.41) is 1.68. The van der Waals surface area contributed by atoms with Crippen molar-refractivity contribution in [3.63, 3.8) is 0 Å². The molecule has 0 spiro atoms. The van der Waals surface area contributed by atoms with E-state index in [1.807, 2.05) is 44.9 Å². The van der Waals surface area contributed by atoms with Gasteiger partial charge in [0.2, 0.25) is 5.78 Å². The molecular weight excluding hydrogens is 514 g/mol. The fourth-order valence-corrected chi connectivity index (χ4v) is 6.31. The Kier molecular flexibility index (Phi) is 6.63. The van der Waals surface area contributed by atoms with Crippen LogP contribution in [0.3, 0.4) is 0 Å². The number of likely N-dealkylation sites (N-methyl/N-ethyl adjacent to an activating group) is 1. The summed E-state index contributed by atoms with van der Waals surface area (Å²) >= 11 is 1.17. The van der Waals surface area contributed by atoms with Gasteiger partial charge < -0.3 is 19.1 Å². The maximum atomic E-state index is 13.6. The van der Waals surface area contributed by atoms with Crippen molar-refractivity contribution in [1.29, 1.82) is 0 Å². The number of hydrogen-bond donors (Lipinski definition) is 1. The first-order chi connectivity index (χ1) is 17.5. The van der Waals surface area contributed by atoms with E-state index in [9.17, 15) is 13.2 Å². The van der Waals surface area contributed by atoms with Crippen LogP contribution in [0.25, 0.3) is 11.1 Å². The molecule has 0 radical (unpaired) electrons. The first kappa shape index (κ1) is 25.5. The number of aromatic nitrogens is 1. The first-order valence-electron chi connectivity index (χ1n) is 11.9. The smallest absolute Gasteiger partial charge is 0.265 e. The molecule has 3 aromatic rings. The van der Waals surface area contributed by atoms with Crippen molar-refractivity contribution in [3.8, 4) is 22.6 Å². The summed E-state index contributed by atoms with van der Waals surface area (Å²) in [5.74, 6) is 1.45. The molecule has 2 aliphatic heterocycles. The molecule has 0 saturated heterocycles. The molecular formula is C26H29N3O6S2. The van der Waals surface area contributed by atoms with Crippen LogP contribution >= 0.6 is 11.3 Å². The Morgan fingerprint density at radius 1 is 1.19 bits per heavy atom. The molecule has 37 heavy (non-hydrogen) atoms. The fourth-order valence-electron chi connectivity index (χ4n) is 4.18. The number of ketones is 1. The van der Waals surface area contributed by atoms with Crippen LogP contribution < -0.4 is 19.1 Å². The molecule has 196 valence electrons. The van der Waals surface area contributed by atoms with Crippen molar-refractivity contribution in [2.45, 2.75) is 37.7 Å². The molecule has 0 atom stereocenters. The van der Waals surface area contributed by atoms with Crippen molar-refractivity contribution >= 4 is 38.6 Å². The predicted molar refractivity (Wildman–Crippen MR) is 143 cm³/mol. The van der Waals surface area contributed by atoms with Gasteiger partial charge in [-0.05, 0) is 61.5 Å². The second-order valence-corrected chi connectivity index (χ2v) is 12.5. The third-order valence-corrected chi connectivity index (χ3v) is 8.38. The topological polar surface area (TPSA) is 107 Å². The number of hydrogen-bond acceptors (Lipinski definition) is 9. The van der Waals surface area contributed by atoms with Crippen molar-refractivity contribution in [2.24, 2.45) is 0 Å². The molecule has 9 nitrogen and oxygen atoms in total. The minimum Gasteiger partial charge on any atom is -0.492 e. The number of nitrogens with one attached hydrogen (secondary N) is 1.